The largest absolute Gasteiger partial charge is 0.417 e. The van der Waals surface area contributed by atoms with Crippen molar-refractivity contribution in [3.05, 3.63) is 52.5 Å². The second-order valence-corrected chi connectivity index (χ2v) is 7.06. The maximum Gasteiger partial charge on any atom is 0.417 e. The molecule has 1 atom stereocenters. The summed E-state index contributed by atoms with van der Waals surface area (Å²) in [4.78, 5) is 2.38. The van der Waals surface area contributed by atoms with Gasteiger partial charge in [-0.15, -0.1) is 0 Å². The smallest absolute Gasteiger partial charge is 0.367 e. The minimum Gasteiger partial charge on any atom is -0.367 e. The molecule has 6 heteroatoms. The third-order valence-electron chi connectivity index (χ3n) is 5.07. The number of hydrogen-bond donors (Lipinski definition) is 1. The van der Waals surface area contributed by atoms with Gasteiger partial charge in [0.25, 0.3) is 0 Å². The Morgan fingerprint density at radius 1 is 1.08 bits per heavy atom. The van der Waals surface area contributed by atoms with E-state index in [9.17, 15) is 13.2 Å². The molecule has 4 rings (SSSR count). The molecule has 0 amide bonds. The average Bonchev–Trinajstić information content (AvgIpc) is 2.74. The molecule has 1 N–H and O–H groups in total. The molecule has 1 saturated heterocycles. The Balaban J connectivity index is 1.75. The number of fused-ring (bicyclic) bond motifs is 3. The third kappa shape index (κ3) is 3.11. The predicted octanol–water partition coefficient (Wildman–Crippen LogP) is 4.75. The molecule has 2 heterocycles. The van der Waals surface area contributed by atoms with E-state index in [1.165, 1.54) is 12.1 Å². The lowest BCUT2D eigenvalue weighted by atomic mass is 9.96. The van der Waals surface area contributed by atoms with Crippen molar-refractivity contribution in [3.8, 4) is 11.1 Å². The zero-order chi connectivity index (χ0) is 17.6. The number of hydrogen-bond acceptors (Lipinski definition) is 2. The summed E-state index contributed by atoms with van der Waals surface area (Å²) >= 11 is 5.79. The maximum atomic E-state index is 13.4. The van der Waals surface area contributed by atoms with Crippen LogP contribution in [0.5, 0.6) is 0 Å². The summed E-state index contributed by atoms with van der Waals surface area (Å²) < 4.78 is 40.2. The lowest BCUT2D eigenvalue weighted by Gasteiger charge is -2.24. The van der Waals surface area contributed by atoms with E-state index in [-0.39, 0.29) is 10.6 Å². The van der Waals surface area contributed by atoms with Crippen LogP contribution in [0.25, 0.3) is 11.1 Å². The van der Waals surface area contributed by atoms with Crippen molar-refractivity contribution in [3.63, 3.8) is 0 Å². The van der Waals surface area contributed by atoms with Crippen molar-refractivity contribution in [1.29, 1.82) is 0 Å². The highest BCUT2D eigenvalue weighted by atomic mass is 35.5. The van der Waals surface area contributed by atoms with Gasteiger partial charge in [-0.25, -0.2) is 0 Å². The van der Waals surface area contributed by atoms with E-state index in [1.807, 2.05) is 12.1 Å². The molecule has 0 spiro atoms. The number of alkyl halides is 3. The summed E-state index contributed by atoms with van der Waals surface area (Å²) in [6, 6.07) is 10.1. The number of anilines is 1. The molecule has 2 aliphatic heterocycles. The van der Waals surface area contributed by atoms with Crippen LogP contribution in [-0.2, 0) is 12.6 Å². The van der Waals surface area contributed by atoms with Crippen molar-refractivity contribution < 1.29 is 13.2 Å². The van der Waals surface area contributed by atoms with Gasteiger partial charge in [0.2, 0.25) is 0 Å². The lowest BCUT2D eigenvalue weighted by Crippen LogP contribution is -2.32. The first-order valence-corrected chi connectivity index (χ1v) is 8.79. The number of nitrogens with one attached hydrogen (secondary N) is 1. The maximum absolute atomic E-state index is 13.4. The summed E-state index contributed by atoms with van der Waals surface area (Å²) in [5.41, 5.74) is 2.38. The van der Waals surface area contributed by atoms with E-state index < -0.39 is 11.7 Å². The zero-order valence-electron chi connectivity index (χ0n) is 13.5. The highest BCUT2D eigenvalue weighted by molar-refractivity contribution is 6.30. The van der Waals surface area contributed by atoms with Gasteiger partial charge in [0, 0.05) is 29.8 Å². The van der Waals surface area contributed by atoms with Crippen molar-refractivity contribution in [2.75, 3.05) is 24.5 Å². The van der Waals surface area contributed by atoms with E-state index in [0.717, 1.165) is 49.8 Å². The predicted molar refractivity (Wildman–Crippen MR) is 94.2 cm³/mol. The molecule has 2 aliphatic rings. The molecule has 0 saturated carbocycles. The second kappa shape index (κ2) is 6.22. The minimum absolute atomic E-state index is 0.0955. The fourth-order valence-electron chi connectivity index (χ4n) is 3.91. The van der Waals surface area contributed by atoms with E-state index >= 15 is 0 Å². The van der Waals surface area contributed by atoms with E-state index in [2.05, 4.69) is 10.2 Å². The molecule has 132 valence electrons. The quantitative estimate of drug-likeness (QED) is 0.783. The van der Waals surface area contributed by atoms with Gasteiger partial charge in [-0.2, -0.15) is 13.2 Å². The van der Waals surface area contributed by atoms with Crippen molar-refractivity contribution >= 4 is 17.3 Å². The SMILES string of the molecule is FC(F)(F)c1cc(Cl)ccc1-c1ccc2c(c1)CC1CCNCCN21. The van der Waals surface area contributed by atoms with Crippen molar-refractivity contribution in [1.82, 2.24) is 5.32 Å². The van der Waals surface area contributed by atoms with E-state index in [0.29, 0.717) is 11.6 Å². The summed E-state index contributed by atoms with van der Waals surface area (Å²) in [6.07, 6.45) is -2.49. The first kappa shape index (κ1) is 16.7. The summed E-state index contributed by atoms with van der Waals surface area (Å²) in [5.74, 6) is 0. The van der Waals surface area contributed by atoms with Crippen LogP contribution in [0.15, 0.2) is 36.4 Å². The van der Waals surface area contributed by atoms with Gasteiger partial charge in [-0.3, -0.25) is 0 Å². The Morgan fingerprint density at radius 2 is 1.92 bits per heavy atom. The average molecular weight is 367 g/mol. The zero-order valence-corrected chi connectivity index (χ0v) is 14.3. The molecule has 1 fully saturated rings. The normalized spacial score (nSPS) is 20.2. The number of nitrogens with zero attached hydrogens (tertiary/aromatic N) is 1. The van der Waals surface area contributed by atoms with Crippen LogP contribution in [0.3, 0.4) is 0 Å². The van der Waals surface area contributed by atoms with E-state index in [4.69, 9.17) is 11.6 Å². The molecule has 0 bridgehead atoms. The molecule has 0 aliphatic carbocycles. The van der Waals surface area contributed by atoms with Gasteiger partial charge in [0.05, 0.1) is 5.56 Å². The molecule has 2 aromatic rings. The van der Waals surface area contributed by atoms with Gasteiger partial charge in [0.1, 0.15) is 0 Å². The molecule has 1 unspecified atom stereocenters. The molecule has 25 heavy (non-hydrogen) atoms. The molecule has 0 radical (unpaired) electrons. The highest BCUT2D eigenvalue weighted by Gasteiger charge is 2.35. The Morgan fingerprint density at radius 3 is 2.72 bits per heavy atom. The summed E-state index contributed by atoms with van der Waals surface area (Å²) in [7, 11) is 0. The van der Waals surface area contributed by atoms with Crippen molar-refractivity contribution in [2.45, 2.75) is 25.1 Å². The first-order valence-electron chi connectivity index (χ1n) is 8.41. The topological polar surface area (TPSA) is 15.3 Å². The van der Waals surface area contributed by atoms with Gasteiger partial charge in [0.15, 0.2) is 0 Å². The summed E-state index contributed by atoms with van der Waals surface area (Å²) in [6.45, 7) is 2.86. The lowest BCUT2D eigenvalue weighted by molar-refractivity contribution is -0.137. The second-order valence-electron chi connectivity index (χ2n) is 6.62. The van der Waals surface area contributed by atoms with Crippen LogP contribution in [0.2, 0.25) is 5.02 Å². The molecular formula is C19H18ClF3N2. The number of benzene rings is 2. The minimum atomic E-state index is -4.43. The van der Waals surface area contributed by atoms with Gasteiger partial charge >= 0.3 is 6.18 Å². The Bertz CT molecular complexity index is 804. The Hall–Kier alpha value is -1.72. The Kier molecular flexibility index (Phi) is 4.16. The number of rotatable bonds is 1. The van der Waals surface area contributed by atoms with Crippen molar-refractivity contribution in [2.24, 2.45) is 0 Å². The van der Waals surface area contributed by atoms with Crippen LogP contribution in [0.1, 0.15) is 17.5 Å². The fraction of sp³-hybridized carbons (Fsp3) is 0.368. The van der Waals surface area contributed by atoms with Crippen LogP contribution in [-0.4, -0.2) is 25.7 Å². The van der Waals surface area contributed by atoms with Crippen LogP contribution in [0, 0.1) is 0 Å². The standard InChI is InChI=1S/C19H18ClF3N2/c20-14-2-3-16(17(11-14)19(21,22)23)12-1-4-18-13(9-12)10-15-5-6-24-7-8-25(15)18/h1-4,9,11,15,24H,5-8,10H2. The molecule has 2 aromatic carbocycles. The highest BCUT2D eigenvalue weighted by Crippen LogP contribution is 2.41. The third-order valence-corrected chi connectivity index (χ3v) is 5.30. The van der Waals surface area contributed by atoms with Gasteiger partial charge in [-0.05, 0) is 60.3 Å². The first-order chi connectivity index (χ1) is 11.9. The molecule has 0 aromatic heterocycles. The molecular weight excluding hydrogens is 349 g/mol. The van der Waals surface area contributed by atoms with Crippen LogP contribution in [0.4, 0.5) is 18.9 Å². The fourth-order valence-corrected chi connectivity index (χ4v) is 4.09. The Labute approximate surface area is 149 Å². The van der Waals surface area contributed by atoms with Gasteiger partial charge in [-0.1, -0.05) is 23.7 Å². The molecule has 2 nitrogen and oxygen atoms in total. The van der Waals surface area contributed by atoms with E-state index in [1.54, 1.807) is 6.07 Å². The van der Waals surface area contributed by atoms with Gasteiger partial charge < -0.3 is 10.2 Å². The van der Waals surface area contributed by atoms with Crippen LogP contribution >= 0.6 is 11.6 Å². The van der Waals surface area contributed by atoms with Crippen LogP contribution < -0.4 is 10.2 Å². The number of halogens is 4. The monoisotopic (exact) mass is 366 g/mol. The summed E-state index contributed by atoms with van der Waals surface area (Å²) in [5, 5.41) is 3.49.